The lowest BCUT2D eigenvalue weighted by Gasteiger charge is -2.18. The zero-order chi connectivity index (χ0) is 43.0. The van der Waals surface area contributed by atoms with Crippen LogP contribution in [0.5, 0.6) is 0 Å². The van der Waals surface area contributed by atoms with Gasteiger partial charge in [-0.05, 0) is 96.3 Å². The number of carbonyl (C=O) groups is 3. The molecule has 340 valence electrons. The molecule has 0 amide bonds. The third kappa shape index (κ3) is 46.0. The molecule has 0 aliphatic heterocycles. The van der Waals surface area contributed by atoms with Gasteiger partial charge in [0.15, 0.2) is 6.10 Å². The second kappa shape index (κ2) is 47.8. The van der Waals surface area contributed by atoms with Crippen LogP contribution < -0.4 is 0 Å². The van der Waals surface area contributed by atoms with E-state index in [0.29, 0.717) is 19.3 Å². The number of unbranched alkanes of at least 4 members (excludes halogenated alkanes) is 23. The minimum absolute atomic E-state index is 0.0853. The summed E-state index contributed by atoms with van der Waals surface area (Å²) in [5.74, 6) is -0.913. The number of hydrogen-bond donors (Lipinski definition) is 0. The zero-order valence-electron chi connectivity index (χ0n) is 38.8. The Labute approximate surface area is 364 Å². The molecule has 0 rings (SSSR count). The highest BCUT2D eigenvalue weighted by Crippen LogP contribution is 2.14. The zero-order valence-corrected chi connectivity index (χ0v) is 38.8. The van der Waals surface area contributed by atoms with E-state index in [1.807, 2.05) is 0 Å². The first-order valence-corrected chi connectivity index (χ1v) is 24.8. The Morgan fingerprint density at radius 3 is 1.12 bits per heavy atom. The molecule has 0 spiro atoms. The Balaban J connectivity index is 4.37. The molecule has 0 saturated carbocycles. The summed E-state index contributed by atoms with van der Waals surface area (Å²) in [4.78, 5) is 37.8. The Bertz CT molecular complexity index is 1090. The van der Waals surface area contributed by atoms with E-state index in [9.17, 15) is 14.4 Å². The van der Waals surface area contributed by atoms with Crippen molar-refractivity contribution in [3.63, 3.8) is 0 Å². The first-order valence-electron chi connectivity index (χ1n) is 24.8. The van der Waals surface area contributed by atoms with E-state index < -0.39 is 6.10 Å². The van der Waals surface area contributed by atoms with Gasteiger partial charge in [0.25, 0.3) is 0 Å². The van der Waals surface area contributed by atoms with Gasteiger partial charge in [-0.1, -0.05) is 184 Å². The summed E-state index contributed by atoms with van der Waals surface area (Å²) in [5.41, 5.74) is 0. The van der Waals surface area contributed by atoms with Crippen LogP contribution in [-0.4, -0.2) is 37.2 Å². The van der Waals surface area contributed by atoms with E-state index in [1.165, 1.54) is 89.9 Å². The van der Waals surface area contributed by atoms with Gasteiger partial charge in [-0.3, -0.25) is 14.4 Å². The predicted molar refractivity (Wildman–Crippen MR) is 251 cm³/mol. The minimum atomic E-state index is -0.783. The molecule has 6 nitrogen and oxygen atoms in total. The third-order valence-corrected chi connectivity index (χ3v) is 10.5. The van der Waals surface area contributed by atoms with Crippen molar-refractivity contribution in [2.45, 2.75) is 245 Å². The Hall–Kier alpha value is -2.89. The van der Waals surface area contributed by atoms with E-state index in [-0.39, 0.29) is 31.1 Å². The molecule has 0 heterocycles. The smallest absolute Gasteiger partial charge is 0.306 e. The van der Waals surface area contributed by atoms with Crippen LogP contribution in [0.25, 0.3) is 0 Å². The maximum atomic E-state index is 12.8. The molecule has 1 atom stereocenters. The van der Waals surface area contributed by atoms with Crippen molar-refractivity contribution >= 4 is 17.9 Å². The van der Waals surface area contributed by atoms with Crippen molar-refractivity contribution in [1.82, 2.24) is 0 Å². The van der Waals surface area contributed by atoms with Crippen LogP contribution in [0.4, 0.5) is 0 Å². The van der Waals surface area contributed by atoms with E-state index in [1.54, 1.807) is 0 Å². The minimum Gasteiger partial charge on any atom is -0.462 e. The number of rotatable bonds is 44. The highest BCUT2D eigenvalue weighted by atomic mass is 16.6. The van der Waals surface area contributed by atoms with Crippen LogP contribution in [0.1, 0.15) is 239 Å². The summed E-state index contributed by atoms with van der Waals surface area (Å²) in [5, 5.41) is 0. The van der Waals surface area contributed by atoms with Crippen LogP contribution in [-0.2, 0) is 28.6 Å². The monoisotopic (exact) mass is 825 g/mol. The number of hydrogen-bond acceptors (Lipinski definition) is 6. The summed E-state index contributed by atoms with van der Waals surface area (Å²) in [6.45, 7) is 6.43. The van der Waals surface area contributed by atoms with Crippen molar-refractivity contribution in [3.8, 4) is 0 Å². The fourth-order valence-electron chi connectivity index (χ4n) is 6.75. The molecule has 0 radical (unpaired) electrons. The summed E-state index contributed by atoms with van der Waals surface area (Å²) in [6.07, 6.45) is 57.7. The highest BCUT2D eigenvalue weighted by molar-refractivity contribution is 5.71. The molecule has 59 heavy (non-hydrogen) atoms. The largest absolute Gasteiger partial charge is 0.462 e. The topological polar surface area (TPSA) is 78.9 Å². The maximum Gasteiger partial charge on any atom is 0.306 e. The van der Waals surface area contributed by atoms with Gasteiger partial charge in [-0.25, -0.2) is 0 Å². The number of ether oxygens (including phenoxy) is 3. The normalized spacial score (nSPS) is 12.5. The van der Waals surface area contributed by atoms with Crippen LogP contribution in [0.2, 0.25) is 0 Å². The SMILES string of the molecule is CC/C=C\C/C=C\C/C=C\CCCCCCCCCC(=O)OCC(COC(=O)CCCCCCC/C=C\CCC)OC(=O)CCCCCCC/C=C\CCCCCCC. The van der Waals surface area contributed by atoms with Crippen LogP contribution in [0, 0.1) is 0 Å². The van der Waals surface area contributed by atoms with E-state index >= 15 is 0 Å². The van der Waals surface area contributed by atoms with Crippen LogP contribution in [0.3, 0.4) is 0 Å². The molecule has 0 saturated heterocycles. The first-order chi connectivity index (χ1) is 29.0. The van der Waals surface area contributed by atoms with Gasteiger partial charge in [0.1, 0.15) is 13.2 Å². The van der Waals surface area contributed by atoms with Crippen molar-refractivity contribution in [1.29, 1.82) is 0 Å². The lowest BCUT2D eigenvalue weighted by Crippen LogP contribution is -2.30. The molecule has 0 aromatic heterocycles. The van der Waals surface area contributed by atoms with Gasteiger partial charge >= 0.3 is 17.9 Å². The van der Waals surface area contributed by atoms with E-state index in [4.69, 9.17) is 14.2 Å². The molecule has 0 bridgehead atoms. The fourth-order valence-corrected chi connectivity index (χ4v) is 6.75. The second-order valence-electron chi connectivity index (χ2n) is 16.3. The van der Waals surface area contributed by atoms with E-state index in [2.05, 4.69) is 81.5 Å². The van der Waals surface area contributed by atoms with Gasteiger partial charge in [-0.15, -0.1) is 0 Å². The molecular formula is C53H92O6. The summed E-state index contributed by atoms with van der Waals surface area (Å²) < 4.78 is 16.7. The Morgan fingerprint density at radius 1 is 0.356 bits per heavy atom. The molecule has 0 aromatic carbocycles. The lowest BCUT2D eigenvalue weighted by molar-refractivity contribution is -0.167. The number of carbonyl (C=O) groups excluding carboxylic acids is 3. The Kier molecular flexibility index (Phi) is 45.4. The molecule has 0 fully saturated rings. The predicted octanol–water partition coefficient (Wildman–Crippen LogP) is 16.1. The van der Waals surface area contributed by atoms with Crippen molar-refractivity contribution in [2.24, 2.45) is 0 Å². The highest BCUT2D eigenvalue weighted by Gasteiger charge is 2.19. The average molecular weight is 825 g/mol. The van der Waals surface area contributed by atoms with Crippen LogP contribution in [0.15, 0.2) is 60.8 Å². The van der Waals surface area contributed by atoms with Crippen LogP contribution >= 0.6 is 0 Å². The van der Waals surface area contributed by atoms with Gasteiger partial charge in [0.05, 0.1) is 0 Å². The molecular weight excluding hydrogens is 733 g/mol. The standard InChI is InChI=1S/C53H92O6/c1-4-7-10-13-16-19-22-24-26-27-28-30-31-34-37-40-43-46-52(55)58-49-50(48-57-51(54)45-42-39-36-33-21-18-15-12-9-6-3)59-53(56)47-44-41-38-35-32-29-25-23-20-17-14-11-8-5-2/h7,10,12,15-16,19,23-26,50H,4-6,8-9,11,13-14,17-18,20-22,27-49H2,1-3H3/b10-7-,15-12-,19-16-,25-23-,26-24-. The molecule has 6 heteroatoms. The summed E-state index contributed by atoms with van der Waals surface area (Å²) in [6, 6.07) is 0. The number of esters is 3. The van der Waals surface area contributed by atoms with Gasteiger partial charge in [0.2, 0.25) is 0 Å². The number of allylic oxidation sites excluding steroid dienone is 10. The second-order valence-corrected chi connectivity index (χ2v) is 16.3. The van der Waals surface area contributed by atoms with Crippen molar-refractivity contribution in [2.75, 3.05) is 13.2 Å². The molecule has 0 aromatic rings. The van der Waals surface area contributed by atoms with Crippen molar-refractivity contribution in [3.05, 3.63) is 60.8 Å². The van der Waals surface area contributed by atoms with Gasteiger partial charge in [-0.2, -0.15) is 0 Å². The van der Waals surface area contributed by atoms with Gasteiger partial charge < -0.3 is 14.2 Å². The summed E-state index contributed by atoms with van der Waals surface area (Å²) in [7, 11) is 0. The molecule has 0 aliphatic rings. The first kappa shape index (κ1) is 56.1. The van der Waals surface area contributed by atoms with E-state index in [0.717, 1.165) is 109 Å². The average Bonchev–Trinajstić information content (AvgIpc) is 3.23. The van der Waals surface area contributed by atoms with Crippen molar-refractivity contribution < 1.29 is 28.6 Å². The fraction of sp³-hybridized carbons (Fsp3) is 0.755. The van der Waals surface area contributed by atoms with Gasteiger partial charge in [0, 0.05) is 19.3 Å². The molecule has 0 aliphatic carbocycles. The Morgan fingerprint density at radius 2 is 0.695 bits per heavy atom. The summed E-state index contributed by atoms with van der Waals surface area (Å²) >= 11 is 0. The quantitative estimate of drug-likeness (QED) is 0.0263. The maximum absolute atomic E-state index is 12.8. The molecule has 0 N–H and O–H groups in total. The third-order valence-electron chi connectivity index (χ3n) is 10.5. The molecule has 1 unspecified atom stereocenters. The lowest BCUT2D eigenvalue weighted by atomic mass is 10.1.